The van der Waals surface area contributed by atoms with Crippen LogP contribution < -0.4 is 10.6 Å². The van der Waals surface area contributed by atoms with Crippen molar-refractivity contribution in [1.29, 1.82) is 0 Å². The van der Waals surface area contributed by atoms with Crippen molar-refractivity contribution in [2.75, 3.05) is 32.7 Å². The molecule has 23 heavy (non-hydrogen) atoms. The number of thiocarbonyl (C=S) groups is 1. The van der Waals surface area contributed by atoms with Gasteiger partial charge in [-0.1, -0.05) is 30.3 Å². The van der Waals surface area contributed by atoms with Gasteiger partial charge in [-0.25, -0.2) is 4.79 Å². The number of hydrogen-bond donors (Lipinski definition) is 2. The minimum Gasteiger partial charge on any atom is -0.465 e. The summed E-state index contributed by atoms with van der Waals surface area (Å²) in [5.74, 6) is -0.398. The maximum absolute atomic E-state index is 12.0. The van der Waals surface area contributed by atoms with E-state index in [0.29, 0.717) is 28.8 Å². The van der Waals surface area contributed by atoms with Crippen molar-refractivity contribution >= 4 is 39.6 Å². The largest absolute Gasteiger partial charge is 0.465 e. The minimum atomic E-state index is -0.398. The topological polar surface area (TPSA) is 59.6 Å². The molecule has 0 saturated carbocycles. The highest BCUT2D eigenvalue weighted by Crippen LogP contribution is 2.35. The molecule has 0 atom stereocenters. The molecule has 1 aromatic carbocycles. The van der Waals surface area contributed by atoms with Gasteiger partial charge in [0, 0.05) is 18.5 Å². The Bertz CT molecular complexity index is 671. The van der Waals surface area contributed by atoms with Gasteiger partial charge in [0.1, 0.15) is 5.00 Å². The van der Waals surface area contributed by atoms with Crippen molar-refractivity contribution in [2.24, 2.45) is 0 Å². The lowest BCUT2D eigenvalue weighted by atomic mass is 10.1. The normalized spacial score (nSPS) is 10.2. The van der Waals surface area contributed by atoms with Crippen LogP contribution >= 0.6 is 23.6 Å². The van der Waals surface area contributed by atoms with E-state index in [-0.39, 0.29) is 0 Å². The zero-order valence-electron chi connectivity index (χ0n) is 12.9. The zero-order chi connectivity index (χ0) is 16.7. The molecule has 0 unspecified atom stereocenters. The number of ether oxygens (including phenoxy) is 2. The summed E-state index contributed by atoms with van der Waals surface area (Å²) in [7, 11) is 2.99. The van der Waals surface area contributed by atoms with E-state index in [1.165, 1.54) is 18.4 Å². The second-order valence-corrected chi connectivity index (χ2v) is 6.05. The summed E-state index contributed by atoms with van der Waals surface area (Å²) in [4.78, 5) is 12.9. The number of rotatable bonds is 6. The first kappa shape index (κ1) is 17.4. The Hall–Kier alpha value is -1.96. The average Bonchev–Trinajstić information content (AvgIpc) is 2.99. The van der Waals surface area contributed by atoms with Crippen molar-refractivity contribution < 1.29 is 14.3 Å². The van der Waals surface area contributed by atoms with E-state index in [1.54, 1.807) is 7.11 Å². The Morgan fingerprint density at radius 1 is 1.26 bits per heavy atom. The molecule has 122 valence electrons. The number of hydrogen-bond acceptors (Lipinski definition) is 5. The molecule has 1 aromatic heterocycles. The highest BCUT2D eigenvalue weighted by Gasteiger charge is 2.18. The molecule has 0 aliphatic heterocycles. The average molecular weight is 350 g/mol. The van der Waals surface area contributed by atoms with E-state index in [2.05, 4.69) is 10.6 Å². The maximum Gasteiger partial charge on any atom is 0.340 e. The lowest BCUT2D eigenvalue weighted by molar-refractivity contribution is 0.0602. The summed E-state index contributed by atoms with van der Waals surface area (Å²) in [6.45, 7) is 1.14. The van der Waals surface area contributed by atoms with E-state index in [9.17, 15) is 4.79 Å². The molecule has 0 aliphatic rings. The minimum absolute atomic E-state index is 0.398. The molecule has 5 nitrogen and oxygen atoms in total. The molecule has 0 fully saturated rings. The molecule has 0 amide bonds. The van der Waals surface area contributed by atoms with E-state index < -0.39 is 5.97 Å². The van der Waals surface area contributed by atoms with Crippen molar-refractivity contribution in [3.05, 3.63) is 42.0 Å². The lowest BCUT2D eigenvalue weighted by Crippen LogP contribution is -2.31. The smallest absolute Gasteiger partial charge is 0.340 e. The van der Waals surface area contributed by atoms with Crippen LogP contribution in [0.2, 0.25) is 0 Å². The number of nitrogens with one attached hydrogen (secondary N) is 2. The van der Waals surface area contributed by atoms with E-state index in [1.807, 2.05) is 36.4 Å². The van der Waals surface area contributed by atoms with Gasteiger partial charge in [0.2, 0.25) is 0 Å². The third kappa shape index (κ3) is 4.75. The third-order valence-corrected chi connectivity index (χ3v) is 4.36. The highest BCUT2D eigenvalue weighted by molar-refractivity contribution is 7.80. The first-order chi connectivity index (χ1) is 11.2. The van der Waals surface area contributed by atoms with Gasteiger partial charge in [-0.3, -0.25) is 0 Å². The predicted octanol–water partition coefficient (Wildman–Crippen LogP) is 3.13. The number of anilines is 1. The van der Waals surface area contributed by atoms with Crippen LogP contribution in [0.4, 0.5) is 5.00 Å². The molecular weight excluding hydrogens is 332 g/mol. The predicted molar refractivity (Wildman–Crippen MR) is 97.2 cm³/mol. The molecular formula is C16H18N2O3S2. The Labute approximate surface area is 144 Å². The fraction of sp³-hybridized carbons (Fsp3) is 0.250. The van der Waals surface area contributed by atoms with Gasteiger partial charge < -0.3 is 20.1 Å². The summed E-state index contributed by atoms with van der Waals surface area (Å²) in [6.07, 6.45) is 0. The van der Waals surface area contributed by atoms with Crippen molar-refractivity contribution in [1.82, 2.24) is 5.32 Å². The molecule has 0 bridgehead atoms. The van der Waals surface area contributed by atoms with Crippen LogP contribution in [0.25, 0.3) is 10.4 Å². The van der Waals surface area contributed by atoms with Crippen LogP contribution in [0.1, 0.15) is 10.4 Å². The molecule has 2 rings (SSSR count). The Morgan fingerprint density at radius 2 is 2.00 bits per heavy atom. The molecule has 0 spiro atoms. The molecule has 2 N–H and O–H groups in total. The number of benzene rings is 1. The quantitative estimate of drug-likeness (QED) is 0.474. The van der Waals surface area contributed by atoms with Crippen LogP contribution in [-0.4, -0.2) is 38.5 Å². The maximum atomic E-state index is 12.0. The van der Waals surface area contributed by atoms with Crippen molar-refractivity contribution in [3.63, 3.8) is 0 Å². The summed E-state index contributed by atoms with van der Waals surface area (Å²) in [5.41, 5.74) is 1.50. The van der Waals surface area contributed by atoms with Gasteiger partial charge in [-0.2, -0.15) is 0 Å². The fourth-order valence-electron chi connectivity index (χ4n) is 1.90. The monoisotopic (exact) mass is 350 g/mol. The van der Waals surface area contributed by atoms with Crippen LogP contribution in [0.5, 0.6) is 0 Å². The molecule has 0 aliphatic carbocycles. The Balaban J connectivity index is 2.21. The zero-order valence-corrected chi connectivity index (χ0v) is 14.6. The second kappa shape index (κ2) is 8.61. The standard InChI is InChI=1S/C16H18N2O3S2/c1-20-9-8-17-16(22)18-14-12(15(19)21-2)10-13(23-14)11-6-4-3-5-7-11/h3-7,10H,8-9H2,1-2H3,(H2,17,18,22). The number of esters is 1. The van der Waals surface area contributed by atoms with Gasteiger partial charge in [-0.05, 0) is 23.8 Å². The number of carbonyl (C=O) groups is 1. The van der Waals surface area contributed by atoms with Crippen LogP contribution in [-0.2, 0) is 9.47 Å². The van der Waals surface area contributed by atoms with Crippen LogP contribution in [0.3, 0.4) is 0 Å². The van der Waals surface area contributed by atoms with Gasteiger partial charge in [-0.15, -0.1) is 11.3 Å². The van der Waals surface area contributed by atoms with E-state index >= 15 is 0 Å². The number of thiophene rings is 1. The fourth-order valence-corrected chi connectivity index (χ4v) is 3.23. The van der Waals surface area contributed by atoms with Gasteiger partial charge in [0.25, 0.3) is 0 Å². The van der Waals surface area contributed by atoms with E-state index in [0.717, 1.165) is 10.4 Å². The van der Waals surface area contributed by atoms with Crippen LogP contribution in [0.15, 0.2) is 36.4 Å². The summed E-state index contributed by atoms with van der Waals surface area (Å²) in [5, 5.41) is 7.17. The lowest BCUT2D eigenvalue weighted by Gasteiger charge is -2.09. The van der Waals surface area contributed by atoms with Crippen LogP contribution in [0, 0.1) is 0 Å². The summed E-state index contributed by atoms with van der Waals surface area (Å²) in [6, 6.07) is 11.7. The Morgan fingerprint density at radius 3 is 2.65 bits per heavy atom. The first-order valence-electron chi connectivity index (χ1n) is 6.97. The van der Waals surface area contributed by atoms with E-state index in [4.69, 9.17) is 21.7 Å². The van der Waals surface area contributed by atoms with Crippen molar-refractivity contribution in [3.8, 4) is 10.4 Å². The van der Waals surface area contributed by atoms with Gasteiger partial charge >= 0.3 is 5.97 Å². The molecule has 0 radical (unpaired) electrons. The molecule has 7 heteroatoms. The second-order valence-electron chi connectivity index (χ2n) is 4.58. The summed E-state index contributed by atoms with van der Waals surface area (Å²) >= 11 is 6.69. The summed E-state index contributed by atoms with van der Waals surface area (Å²) < 4.78 is 9.81. The number of carbonyl (C=O) groups excluding carboxylic acids is 1. The van der Waals surface area contributed by atoms with Gasteiger partial charge in [0.15, 0.2) is 5.11 Å². The third-order valence-electron chi connectivity index (χ3n) is 3.01. The SMILES string of the molecule is COCCNC(=S)Nc1sc(-c2ccccc2)cc1C(=O)OC. The highest BCUT2D eigenvalue weighted by atomic mass is 32.1. The molecule has 1 heterocycles. The molecule has 2 aromatic rings. The first-order valence-corrected chi connectivity index (χ1v) is 8.19. The molecule has 0 saturated heterocycles. The van der Waals surface area contributed by atoms with Crippen molar-refractivity contribution in [2.45, 2.75) is 0 Å². The number of methoxy groups -OCH3 is 2. The van der Waals surface area contributed by atoms with Gasteiger partial charge in [0.05, 0.1) is 19.3 Å². The Kier molecular flexibility index (Phi) is 6.52.